The highest BCUT2D eigenvalue weighted by Gasteiger charge is 2.36. The number of aliphatic hydroxyl groups is 1. The van der Waals surface area contributed by atoms with Crippen LogP contribution in [-0.4, -0.2) is 32.0 Å². The van der Waals surface area contributed by atoms with E-state index < -0.39 is 41.5 Å². The highest BCUT2D eigenvalue weighted by atomic mass is 19.4. The van der Waals surface area contributed by atoms with Gasteiger partial charge in [0.25, 0.3) is 5.91 Å². The average Bonchev–Trinajstić information content (AvgIpc) is 3.35. The Kier molecular flexibility index (Phi) is 7.44. The Morgan fingerprint density at radius 3 is 2.39 bits per heavy atom. The maximum absolute atomic E-state index is 14.5. The molecule has 1 aromatic heterocycles. The first-order chi connectivity index (χ1) is 18.0. The van der Waals surface area contributed by atoms with Gasteiger partial charge >= 0.3 is 12.3 Å². The molecule has 0 radical (unpaired) electrons. The lowest BCUT2D eigenvalue weighted by Gasteiger charge is -2.15. The van der Waals surface area contributed by atoms with Crippen LogP contribution in [0.25, 0.3) is 5.69 Å². The summed E-state index contributed by atoms with van der Waals surface area (Å²) in [7, 11) is 0. The summed E-state index contributed by atoms with van der Waals surface area (Å²) in [5, 5.41) is 27.5. The van der Waals surface area contributed by atoms with Crippen LogP contribution in [0, 0.1) is 5.82 Å². The van der Waals surface area contributed by atoms with Crippen molar-refractivity contribution in [2.75, 3.05) is 5.32 Å². The topological polar surface area (TPSA) is 116 Å². The summed E-state index contributed by atoms with van der Waals surface area (Å²) in [6, 6.07) is 18.0. The molecule has 196 valence electrons. The minimum Gasteiger partial charge on any atom is -0.465 e. The SMILES string of the molecule is O=C(O)NCc1cccc(-n2nc(C(F)(F)F)cc2C(=O)Nc2ccc(F)c(C(O)c3ccccc3)c2)c1. The summed E-state index contributed by atoms with van der Waals surface area (Å²) in [4.78, 5) is 23.9. The van der Waals surface area contributed by atoms with Gasteiger partial charge in [-0.15, -0.1) is 0 Å². The molecular weight excluding hydrogens is 508 g/mol. The second-order valence-corrected chi connectivity index (χ2v) is 8.16. The molecule has 0 saturated heterocycles. The third-order valence-corrected chi connectivity index (χ3v) is 5.50. The number of carbonyl (C=O) groups is 2. The number of alkyl halides is 3. The number of aromatic nitrogens is 2. The molecule has 0 fully saturated rings. The van der Waals surface area contributed by atoms with Crippen molar-refractivity contribution in [3.05, 3.63) is 113 Å². The molecular formula is C26H20F4N4O4. The molecule has 0 bridgehead atoms. The van der Waals surface area contributed by atoms with Gasteiger partial charge in [-0.2, -0.15) is 18.3 Å². The third-order valence-electron chi connectivity index (χ3n) is 5.50. The Balaban J connectivity index is 1.67. The zero-order valence-electron chi connectivity index (χ0n) is 19.4. The normalized spacial score (nSPS) is 12.1. The van der Waals surface area contributed by atoms with E-state index in [0.717, 1.165) is 10.7 Å². The number of nitrogens with zero attached hydrogens (tertiary/aromatic N) is 2. The smallest absolute Gasteiger partial charge is 0.435 e. The van der Waals surface area contributed by atoms with Gasteiger partial charge in [-0.3, -0.25) is 4.79 Å². The number of anilines is 1. The summed E-state index contributed by atoms with van der Waals surface area (Å²) in [5.74, 6) is -1.72. The monoisotopic (exact) mass is 528 g/mol. The van der Waals surface area contributed by atoms with E-state index >= 15 is 0 Å². The third kappa shape index (κ3) is 5.98. The number of halogens is 4. The number of carboxylic acid groups (broad SMARTS) is 1. The number of aliphatic hydroxyl groups excluding tert-OH is 1. The molecule has 1 unspecified atom stereocenters. The first kappa shape index (κ1) is 26.4. The number of hydrogen-bond donors (Lipinski definition) is 4. The van der Waals surface area contributed by atoms with Gasteiger partial charge in [-0.05, 0) is 41.5 Å². The Labute approximate surface area is 213 Å². The number of nitrogens with one attached hydrogen (secondary N) is 2. The van der Waals surface area contributed by atoms with Gasteiger partial charge in [0, 0.05) is 23.9 Å². The number of hydrogen-bond acceptors (Lipinski definition) is 4. The first-order valence-electron chi connectivity index (χ1n) is 11.1. The maximum atomic E-state index is 14.5. The van der Waals surface area contributed by atoms with E-state index in [9.17, 15) is 32.3 Å². The first-order valence-corrected chi connectivity index (χ1v) is 11.1. The van der Waals surface area contributed by atoms with E-state index in [1.807, 2.05) is 0 Å². The van der Waals surface area contributed by atoms with Crippen molar-refractivity contribution in [2.24, 2.45) is 0 Å². The van der Waals surface area contributed by atoms with Crippen molar-refractivity contribution in [1.82, 2.24) is 15.1 Å². The zero-order chi connectivity index (χ0) is 27.4. The van der Waals surface area contributed by atoms with E-state index in [1.54, 1.807) is 36.4 Å². The second-order valence-electron chi connectivity index (χ2n) is 8.16. The molecule has 1 heterocycles. The lowest BCUT2D eigenvalue weighted by atomic mass is 10.0. The standard InChI is InChI=1S/C26H20F4N4O4/c27-20-10-9-17(12-19(20)23(35)16-6-2-1-3-7-16)32-24(36)21-13-22(26(28,29)30)33-34(21)18-8-4-5-15(11-18)14-31-25(37)38/h1-13,23,31,35H,14H2,(H,32,36)(H,37,38). The molecule has 4 aromatic rings. The van der Waals surface area contributed by atoms with E-state index in [1.165, 1.54) is 30.3 Å². The minimum absolute atomic E-state index is 0.0297. The predicted octanol–water partition coefficient (Wildman–Crippen LogP) is 5.13. The summed E-state index contributed by atoms with van der Waals surface area (Å²) in [5.41, 5.74) is -1.02. The highest BCUT2D eigenvalue weighted by Crippen LogP contribution is 2.31. The lowest BCUT2D eigenvalue weighted by molar-refractivity contribution is -0.141. The van der Waals surface area contributed by atoms with Gasteiger partial charge in [0.05, 0.1) is 5.69 Å². The Bertz CT molecular complexity index is 1470. The number of carbonyl (C=O) groups excluding carboxylic acids is 1. The van der Waals surface area contributed by atoms with Gasteiger partial charge < -0.3 is 20.8 Å². The van der Waals surface area contributed by atoms with Crippen molar-refractivity contribution in [1.29, 1.82) is 0 Å². The summed E-state index contributed by atoms with van der Waals surface area (Å²) < 4.78 is 55.7. The molecule has 8 nitrogen and oxygen atoms in total. The number of amides is 2. The predicted molar refractivity (Wildman–Crippen MR) is 128 cm³/mol. The van der Waals surface area contributed by atoms with E-state index in [0.29, 0.717) is 17.2 Å². The molecule has 0 spiro atoms. The average molecular weight is 528 g/mol. The quantitative estimate of drug-likeness (QED) is 0.248. The summed E-state index contributed by atoms with van der Waals surface area (Å²) >= 11 is 0. The molecule has 1 atom stereocenters. The largest absolute Gasteiger partial charge is 0.465 e. The summed E-state index contributed by atoms with van der Waals surface area (Å²) in [6.07, 6.45) is -7.49. The van der Waals surface area contributed by atoms with Crippen LogP contribution in [0.3, 0.4) is 0 Å². The Hall–Kier alpha value is -4.71. The van der Waals surface area contributed by atoms with E-state index in [4.69, 9.17) is 5.11 Å². The fraction of sp³-hybridized carbons (Fsp3) is 0.115. The molecule has 4 rings (SSSR count). The van der Waals surface area contributed by atoms with Crippen LogP contribution in [-0.2, 0) is 12.7 Å². The number of benzene rings is 3. The molecule has 0 saturated carbocycles. The van der Waals surface area contributed by atoms with Crippen molar-refractivity contribution in [3.8, 4) is 5.69 Å². The van der Waals surface area contributed by atoms with Gasteiger partial charge in [-0.1, -0.05) is 42.5 Å². The van der Waals surface area contributed by atoms with Crippen LogP contribution in [0.15, 0.2) is 78.9 Å². The lowest BCUT2D eigenvalue weighted by Crippen LogP contribution is -2.20. The van der Waals surface area contributed by atoms with Gasteiger partial charge in [0.15, 0.2) is 5.69 Å². The van der Waals surface area contributed by atoms with Gasteiger partial charge in [0.1, 0.15) is 17.6 Å². The fourth-order valence-corrected chi connectivity index (χ4v) is 3.70. The van der Waals surface area contributed by atoms with E-state index in [2.05, 4.69) is 15.7 Å². The maximum Gasteiger partial charge on any atom is 0.435 e. The van der Waals surface area contributed by atoms with Gasteiger partial charge in [0.2, 0.25) is 0 Å². The van der Waals surface area contributed by atoms with Crippen LogP contribution in [0.4, 0.5) is 28.0 Å². The molecule has 0 aliphatic carbocycles. The molecule has 4 N–H and O–H groups in total. The van der Waals surface area contributed by atoms with Crippen LogP contribution < -0.4 is 10.6 Å². The number of rotatable bonds is 7. The molecule has 38 heavy (non-hydrogen) atoms. The second kappa shape index (κ2) is 10.7. The van der Waals surface area contributed by atoms with Crippen molar-refractivity contribution in [3.63, 3.8) is 0 Å². The zero-order valence-corrected chi connectivity index (χ0v) is 19.4. The van der Waals surface area contributed by atoms with Crippen LogP contribution in [0.2, 0.25) is 0 Å². The van der Waals surface area contributed by atoms with Crippen molar-refractivity contribution in [2.45, 2.75) is 18.8 Å². The molecule has 0 aliphatic rings. The van der Waals surface area contributed by atoms with Crippen LogP contribution in [0.5, 0.6) is 0 Å². The molecule has 2 amide bonds. The summed E-state index contributed by atoms with van der Waals surface area (Å²) in [6.45, 7) is -0.125. The molecule has 12 heteroatoms. The van der Waals surface area contributed by atoms with E-state index in [-0.39, 0.29) is 23.5 Å². The Morgan fingerprint density at radius 2 is 1.71 bits per heavy atom. The van der Waals surface area contributed by atoms with Crippen molar-refractivity contribution >= 4 is 17.7 Å². The molecule has 0 aliphatic heterocycles. The highest BCUT2D eigenvalue weighted by molar-refractivity contribution is 6.03. The minimum atomic E-state index is -4.86. The van der Waals surface area contributed by atoms with Crippen LogP contribution in [0.1, 0.15) is 39.0 Å². The molecule has 3 aromatic carbocycles. The van der Waals surface area contributed by atoms with Crippen LogP contribution >= 0.6 is 0 Å². The van der Waals surface area contributed by atoms with Gasteiger partial charge in [-0.25, -0.2) is 13.9 Å². The van der Waals surface area contributed by atoms with Crippen molar-refractivity contribution < 1.29 is 37.4 Å². The Morgan fingerprint density at radius 1 is 0.974 bits per heavy atom. The fourth-order valence-electron chi connectivity index (χ4n) is 3.70.